The number of nitrogens with zero attached hydrogens (tertiary/aromatic N) is 3. The van der Waals surface area contributed by atoms with Crippen LogP contribution in [0.15, 0.2) is 76.3 Å². The lowest BCUT2D eigenvalue weighted by atomic mass is 10.1. The number of hydrogen-bond donors (Lipinski definition) is 1. The monoisotopic (exact) mass is 439 g/mol. The van der Waals surface area contributed by atoms with Gasteiger partial charge < -0.3 is 14.4 Å². The number of halogens is 1. The molecule has 2 aromatic heterocycles. The van der Waals surface area contributed by atoms with Crippen LogP contribution in [0.3, 0.4) is 0 Å². The van der Waals surface area contributed by atoms with Crippen LogP contribution in [0.1, 0.15) is 11.7 Å². The highest BCUT2D eigenvalue weighted by molar-refractivity contribution is 9.10. The molecule has 7 heteroatoms. The Morgan fingerprint density at radius 3 is 2.64 bits per heavy atom. The summed E-state index contributed by atoms with van der Waals surface area (Å²) in [6.07, 6.45) is 2.55. The molecule has 0 saturated carbocycles. The number of aromatic nitrogens is 3. The van der Waals surface area contributed by atoms with Gasteiger partial charge in [0.25, 0.3) is 5.56 Å². The summed E-state index contributed by atoms with van der Waals surface area (Å²) >= 11 is 3.45. The molecule has 2 heterocycles. The first-order chi connectivity index (χ1) is 13.5. The van der Waals surface area contributed by atoms with Crippen molar-refractivity contribution in [3.63, 3.8) is 0 Å². The third-order valence-electron chi connectivity index (χ3n) is 4.59. The van der Waals surface area contributed by atoms with E-state index in [9.17, 15) is 9.90 Å². The van der Waals surface area contributed by atoms with Crippen molar-refractivity contribution in [3.8, 4) is 17.0 Å². The van der Waals surface area contributed by atoms with Gasteiger partial charge in [0.1, 0.15) is 11.3 Å². The van der Waals surface area contributed by atoms with Crippen molar-refractivity contribution in [1.82, 2.24) is 14.2 Å². The molecule has 0 saturated heterocycles. The van der Waals surface area contributed by atoms with E-state index in [-0.39, 0.29) is 12.1 Å². The lowest BCUT2D eigenvalue weighted by Crippen LogP contribution is -2.24. The quantitative estimate of drug-likeness (QED) is 0.514. The summed E-state index contributed by atoms with van der Waals surface area (Å²) in [6.45, 7) is 0.152. The Morgan fingerprint density at radius 1 is 1.14 bits per heavy atom. The summed E-state index contributed by atoms with van der Waals surface area (Å²) in [5, 5.41) is 15.0. The van der Waals surface area contributed by atoms with Crippen molar-refractivity contribution in [3.05, 3.63) is 87.4 Å². The molecule has 4 rings (SSSR count). The van der Waals surface area contributed by atoms with Gasteiger partial charge in [-0.2, -0.15) is 5.10 Å². The van der Waals surface area contributed by atoms with Gasteiger partial charge in [-0.1, -0.05) is 40.2 Å². The molecule has 0 aliphatic rings. The van der Waals surface area contributed by atoms with Crippen LogP contribution in [0.5, 0.6) is 5.75 Å². The average Bonchev–Trinajstić information content (AvgIpc) is 3.15. The molecular formula is C21H18BrN3O3. The van der Waals surface area contributed by atoms with Gasteiger partial charge in [0.15, 0.2) is 0 Å². The van der Waals surface area contributed by atoms with Crippen LogP contribution in [0, 0.1) is 0 Å². The first-order valence-electron chi connectivity index (χ1n) is 8.72. The largest absolute Gasteiger partial charge is 0.497 e. The predicted octanol–water partition coefficient (Wildman–Crippen LogP) is 3.67. The van der Waals surface area contributed by atoms with E-state index in [0.717, 1.165) is 15.6 Å². The highest BCUT2D eigenvalue weighted by Gasteiger charge is 2.13. The lowest BCUT2D eigenvalue weighted by Gasteiger charge is -2.13. The number of aliphatic hydroxyl groups excluding tert-OH is 1. The molecule has 0 radical (unpaired) electrons. The smallest absolute Gasteiger partial charge is 0.276 e. The number of benzene rings is 2. The second-order valence-electron chi connectivity index (χ2n) is 6.41. The molecule has 4 aromatic rings. The van der Waals surface area contributed by atoms with E-state index in [1.165, 1.54) is 4.57 Å². The molecule has 1 atom stereocenters. The van der Waals surface area contributed by atoms with Crippen LogP contribution < -0.4 is 10.3 Å². The van der Waals surface area contributed by atoms with Crippen molar-refractivity contribution in [2.24, 2.45) is 0 Å². The second-order valence-corrected chi connectivity index (χ2v) is 7.33. The topological polar surface area (TPSA) is 68.8 Å². The van der Waals surface area contributed by atoms with Gasteiger partial charge in [0.05, 0.1) is 25.5 Å². The Kier molecular flexibility index (Phi) is 5.02. The second kappa shape index (κ2) is 7.61. The van der Waals surface area contributed by atoms with E-state index in [1.54, 1.807) is 54.4 Å². The molecule has 142 valence electrons. The first kappa shape index (κ1) is 18.5. The van der Waals surface area contributed by atoms with Gasteiger partial charge in [-0.25, -0.2) is 4.52 Å². The summed E-state index contributed by atoms with van der Waals surface area (Å²) in [7, 11) is 1.59. The van der Waals surface area contributed by atoms with Gasteiger partial charge in [-0.05, 0) is 35.9 Å². The summed E-state index contributed by atoms with van der Waals surface area (Å²) in [5.74, 6) is 0.717. The van der Waals surface area contributed by atoms with Gasteiger partial charge in [0, 0.05) is 22.4 Å². The Morgan fingerprint density at radius 2 is 1.93 bits per heavy atom. The zero-order valence-corrected chi connectivity index (χ0v) is 16.7. The SMILES string of the molecule is COc1ccc([C@@H](O)Cn2ccn3nc(-c4cccc(Br)c4)cc3c2=O)cc1. The molecule has 6 nitrogen and oxygen atoms in total. The predicted molar refractivity (Wildman–Crippen MR) is 111 cm³/mol. The molecule has 0 fully saturated rings. The Hall–Kier alpha value is -2.90. The van der Waals surface area contributed by atoms with Crippen LogP contribution in [0.4, 0.5) is 0 Å². The average molecular weight is 440 g/mol. The van der Waals surface area contributed by atoms with E-state index in [2.05, 4.69) is 21.0 Å². The van der Waals surface area contributed by atoms with Gasteiger partial charge in [-0.15, -0.1) is 0 Å². The maximum atomic E-state index is 12.9. The van der Waals surface area contributed by atoms with Crippen LogP contribution in [-0.2, 0) is 6.54 Å². The van der Waals surface area contributed by atoms with Crippen LogP contribution in [-0.4, -0.2) is 26.4 Å². The fourth-order valence-electron chi connectivity index (χ4n) is 3.08. The molecule has 1 N–H and O–H groups in total. The van der Waals surface area contributed by atoms with Gasteiger partial charge in [-0.3, -0.25) is 4.79 Å². The van der Waals surface area contributed by atoms with E-state index >= 15 is 0 Å². The Bertz CT molecular complexity index is 1180. The summed E-state index contributed by atoms with van der Waals surface area (Å²) in [6, 6.07) is 16.7. The van der Waals surface area contributed by atoms with Gasteiger partial charge in [0.2, 0.25) is 0 Å². The van der Waals surface area contributed by atoms with E-state index < -0.39 is 6.10 Å². The fourth-order valence-corrected chi connectivity index (χ4v) is 3.48. The molecule has 2 aromatic carbocycles. The molecule has 0 aliphatic carbocycles. The highest BCUT2D eigenvalue weighted by Crippen LogP contribution is 2.23. The summed E-state index contributed by atoms with van der Waals surface area (Å²) in [5.41, 5.74) is 2.60. The van der Waals surface area contributed by atoms with Crippen molar-refractivity contribution in [2.75, 3.05) is 7.11 Å². The van der Waals surface area contributed by atoms with Crippen molar-refractivity contribution in [2.45, 2.75) is 12.6 Å². The minimum atomic E-state index is -0.807. The first-order valence-corrected chi connectivity index (χ1v) is 9.51. The van der Waals surface area contributed by atoms with Crippen molar-refractivity contribution < 1.29 is 9.84 Å². The van der Waals surface area contributed by atoms with Crippen LogP contribution >= 0.6 is 15.9 Å². The standard InChI is InChI=1S/C21H18BrN3O3/c1-28-17-7-5-14(6-8-17)20(26)13-24-9-10-25-19(21(24)27)12-18(23-25)15-3-2-4-16(22)11-15/h2-12,20,26H,13H2,1H3/t20-/m0/s1. The zero-order valence-electron chi connectivity index (χ0n) is 15.1. The summed E-state index contributed by atoms with van der Waals surface area (Å²) in [4.78, 5) is 12.9. The minimum absolute atomic E-state index is 0.152. The Labute approximate surface area is 169 Å². The van der Waals surface area contributed by atoms with Crippen molar-refractivity contribution in [1.29, 1.82) is 0 Å². The maximum Gasteiger partial charge on any atom is 0.276 e. The normalized spacial score (nSPS) is 12.2. The molecular weight excluding hydrogens is 422 g/mol. The van der Waals surface area contributed by atoms with Crippen molar-refractivity contribution >= 4 is 21.4 Å². The number of rotatable bonds is 5. The Balaban J connectivity index is 1.64. The summed E-state index contributed by atoms with van der Waals surface area (Å²) < 4.78 is 9.14. The zero-order chi connectivity index (χ0) is 19.7. The van der Waals surface area contributed by atoms with E-state index in [0.29, 0.717) is 17.0 Å². The number of fused-ring (bicyclic) bond motifs is 1. The maximum absolute atomic E-state index is 12.9. The lowest BCUT2D eigenvalue weighted by molar-refractivity contribution is 0.155. The number of hydrogen-bond acceptors (Lipinski definition) is 4. The van der Waals surface area contributed by atoms with Crippen LogP contribution in [0.25, 0.3) is 16.8 Å². The third-order valence-corrected chi connectivity index (χ3v) is 5.09. The van der Waals surface area contributed by atoms with Crippen LogP contribution in [0.2, 0.25) is 0 Å². The molecule has 0 spiro atoms. The molecule has 0 amide bonds. The third kappa shape index (κ3) is 3.58. The fraction of sp³-hybridized carbons (Fsp3) is 0.143. The molecule has 28 heavy (non-hydrogen) atoms. The minimum Gasteiger partial charge on any atom is -0.497 e. The molecule has 0 bridgehead atoms. The van der Waals surface area contributed by atoms with Gasteiger partial charge >= 0.3 is 0 Å². The number of ether oxygens (including phenoxy) is 1. The number of aliphatic hydroxyl groups is 1. The van der Waals surface area contributed by atoms with E-state index in [1.807, 2.05) is 24.3 Å². The van der Waals surface area contributed by atoms with E-state index in [4.69, 9.17) is 4.74 Å². The highest BCUT2D eigenvalue weighted by atomic mass is 79.9. The molecule has 0 unspecified atom stereocenters. The molecule has 0 aliphatic heterocycles. The number of methoxy groups -OCH3 is 1.